The fourth-order valence-electron chi connectivity index (χ4n) is 2.77. The van der Waals surface area contributed by atoms with Crippen molar-refractivity contribution in [1.82, 2.24) is 25.1 Å². The summed E-state index contributed by atoms with van der Waals surface area (Å²) < 4.78 is 26.9. The Morgan fingerprint density at radius 2 is 1.93 bits per heavy atom. The zero-order valence-electron chi connectivity index (χ0n) is 14.5. The summed E-state index contributed by atoms with van der Waals surface area (Å²) in [5.41, 5.74) is 6.93. The highest BCUT2D eigenvalue weighted by molar-refractivity contribution is 5.58. The SMILES string of the molecule is CC(Nc1cc(Nc2cc(C3CC3)[nH]n2)nc(N)n1)c1ncc(F)cc1F. The van der Waals surface area contributed by atoms with Crippen LogP contribution >= 0.6 is 0 Å². The van der Waals surface area contributed by atoms with Gasteiger partial charge in [-0.05, 0) is 19.8 Å². The number of nitrogens with one attached hydrogen (secondary N) is 3. The van der Waals surface area contributed by atoms with E-state index in [1.807, 2.05) is 6.07 Å². The molecule has 1 atom stereocenters. The number of hydrogen-bond acceptors (Lipinski definition) is 7. The molecular formula is C17H18F2N8. The van der Waals surface area contributed by atoms with Crippen LogP contribution in [0.25, 0.3) is 0 Å². The Hall–Kier alpha value is -3.30. The Balaban J connectivity index is 1.50. The number of rotatable bonds is 6. The predicted octanol–water partition coefficient (Wildman–Crippen LogP) is 3.25. The van der Waals surface area contributed by atoms with Gasteiger partial charge in [0, 0.05) is 29.8 Å². The van der Waals surface area contributed by atoms with Crippen LogP contribution in [0.1, 0.15) is 43.1 Å². The second-order valence-electron chi connectivity index (χ2n) is 6.49. The summed E-state index contributed by atoms with van der Waals surface area (Å²) in [6.45, 7) is 1.68. The molecule has 140 valence electrons. The van der Waals surface area contributed by atoms with Gasteiger partial charge in [0.2, 0.25) is 5.95 Å². The standard InChI is InChI=1S/C17H18F2N8/c1-8(16-11(19)4-10(18)7-21-16)22-13-6-14(25-17(20)24-13)23-15-5-12(26-27-15)9-2-3-9/h4-9H,2-3H2,1H3,(H5,20,22,23,24,25,26,27). The first kappa shape index (κ1) is 17.1. The largest absolute Gasteiger partial charge is 0.368 e. The molecule has 3 heterocycles. The lowest BCUT2D eigenvalue weighted by Crippen LogP contribution is -2.13. The molecule has 8 nitrogen and oxygen atoms in total. The average molecular weight is 372 g/mol. The van der Waals surface area contributed by atoms with Crippen molar-refractivity contribution >= 4 is 23.4 Å². The van der Waals surface area contributed by atoms with Crippen molar-refractivity contribution in [3.63, 3.8) is 0 Å². The highest BCUT2D eigenvalue weighted by Gasteiger charge is 2.25. The third-order valence-electron chi connectivity index (χ3n) is 4.23. The quantitative estimate of drug-likeness (QED) is 0.525. The van der Waals surface area contributed by atoms with Gasteiger partial charge < -0.3 is 16.4 Å². The molecule has 3 aromatic heterocycles. The van der Waals surface area contributed by atoms with Crippen molar-refractivity contribution in [3.8, 4) is 0 Å². The van der Waals surface area contributed by atoms with Gasteiger partial charge in [-0.1, -0.05) is 0 Å². The van der Waals surface area contributed by atoms with Crippen molar-refractivity contribution < 1.29 is 8.78 Å². The Labute approximate surface area is 153 Å². The zero-order chi connectivity index (χ0) is 19.0. The van der Waals surface area contributed by atoms with Crippen molar-refractivity contribution in [3.05, 3.63) is 47.4 Å². The van der Waals surface area contributed by atoms with Crippen LogP contribution in [0.4, 0.5) is 32.2 Å². The van der Waals surface area contributed by atoms with Crippen molar-refractivity contribution in [2.45, 2.75) is 31.7 Å². The normalized spacial score (nSPS) is 14.8. The molecule has 3 aromatic rings. The minimum absolute atomic E-state index is 0.0418. The predicted molar refractivity (Wildman–Crippen MR) is 96.5 cm³/mol. The summed E-state index contributed by atoms with van der Waals surface area (Å²) in [6.07, 6.45) is 3.30. The van der Waals surface area contributed by atoms with Crippen molar-refractivity contribution in [1.29, 1.82) is 0 Å². The zero-order valence-corrected chi connectivity index (χ0v) is 14.5. The fraction of sp³-hybridized carbons (Fsp3) is 0.294. The van der Waals surface area contributed by atoms with E-state index in [-0.39, 0.29) is 11.6 Å². The van der Waals surface area contributed by atoms with Crippen LogP contribution in [0.15, 0.2) is 24.4 Å². The van der Waals surface area contributed by atoms with E-state index in [1.165, 1.54) is 12.8 Å². The number of nitrogens with two attached hydrogens (primary N) is 1. The number of hydrogen-bond donors (Lipinski definition) is 4. The molecular weight excluding hydrogens is 354 g/mol. The van der Waals surface area contributed by atoms with E-state index in [4.69, 9.17) is 5.73 Å². The van der Waals surface area contributed by atoms with Crippen LogP contribution in [0, 0.1) is 11.6 Å². The van der Waals surface area contributed by atoms with E-state index in [0.717, 1.165) is 18.0 Å². The number of nitrogen functional groups attached to an aromatic ring is 1. The van der Waals surface area contributed by atoms with Gasteiger partial charge in [-0.3, -0.25) is 10.1 Å². The number of halogens is 2. The summed E-state index contributed by atoms with van der Waals surface area (Å²) in [5.74, 6) is 0.574. The second-order valence-corrected chi connectivity index (χ2v) is 6.49. The summed E-state index contributed by atoms with van der Waals surface area (Å²) in [6, 6.07) is 3.79. The first-order valence-electron chi connectivity index (χ1n) is 8.52. The Kier molecular flexibility index (Phi) is 4.30. The number of H-pyrrole nitrogens is 1. The maximum Gasteiger partial charge on any atom is 0.223 e. The summed E-state index contributed by atoms with van der Waals surface area (Å²) >= 11 is 0. The third-order valence-corrected chi connectivity index (χ3v) is 4.23. The van der Waals surface area contributed by atoms with Gasteiger partial charge in [-0.2, -0.15) is 15.1 Å². The van der Waals surface area contributed by atoms with Crippen LogP contribution in [0.5, 0.6) is 0 Å². The number of nitrogens with zero attached hydrogens (tertiary/aromatic N) is 4. The van der Waals surface area contributed by atoms with E-state index in [0.29, 0.717) is 23.4 Å². The molecule has 0 radical (unpaired) electrons. The highest BCUT2D eigenvalue weighted by Crippen LogP contribution is 2.39. The first-order chi connectivity index (χ1) is 13.0. The van der Waals surface area contributed by atoms with E-state index in [1.54, 1.807) is 13.0 Å². The van der Waals surface area contributed by atoms with Crippen molar-refractivity contribution in [2.75, 3.05) is 16.4 Å². The molecule has 0 bridgehead atoms. The van der Waals surface area contributed by atoms with Gasteiger partial charge in [0.15, 0.2) is 5.82 Å². The van der Waals surface area contributed by atoms with Crippen molar-refractivity contribution in [2.24, 2.45) is 0 Å². The van der Waals surface area contributed by atoms with Crippen LogP contribution < -0.4 is 16.4 Å². The lowest BCUT2D eigenvalue weighted by atomic mass is 10.2. The minimum Gasteiger partial charge on any atom is -0.368 e. The number of aromatic nitrogens is 5. The molecule has 27 heavy (non-hydrogen) atoms. The minimum atomic E-state index is -0.737. The molecule has 0 aromatic carbocycles. The summed E-state index contributed by atoms with van der Waals surface area (Å²) in [4.78, 5) is 12.0. The van der Waals surface area contributed by atoms with Gasteiger partial charge in [0.05, 0.1) is 17.9 Å². The van der Waals surface area contributed by atoms with E-state index in [2.05, 4.69) is 35.8 Å². The summed E-state index contributed by atoms with van der Waals surface area (Å²) in [7, 11) is 0. The lowest BCUT2D eigenvalue weighted by molar-refractivity contribution is 0.550. The van der Waals surface area contributed by atoms with Crippen LogP contribution in [-0.2, 0) is 0 Å². The average Bonchev–Trinajstić information content (AvgIpc) is 3.34. The fourth-order valence-corrected chi connectivity index (χ4v) is 2.77. The van der Waals surface area contributed by atoms with Crippen LogP contribution in [0.3, 0.4) is 0 Å². The van der Waals surface area contributed by atoms with E-state index < -0.39 is 17.7 Å². The number of anilines is 4. The molecule has 1 saturated carbocycles. The highest BCUT2D eigenvalue weighted by atomic mass is 19.1. The molecule has 0 saturated heterocycles. The van der Waals surface area contributed by atoms with Gasteiger partial charge in [0.1, 0.15) is 23.3 Å². The third kappa shape index (κ3) is 3.94. The molecule has 1 fully saturated rings. The van der Waals surface area contributed by atoms with Gasteiger partial charge >= 0.3 is 0 Å². The van der Waals surface area contributed by atoms with Crippen LogP contribution in [-0.4, -0.2) is 25.1 Å². The molecule has 1 aliphatic carbocycles. The molecule has 5 N–H and O–H groups in total. The van der Waals surface area contributed by atoms with Gasteiger partial charge in [-0.25, -0.2) is 8.78 Å². The molecule has 0 spiro atoms. The second kappa shape index (κ2) is 6.78. The van der Waals surface area contributed by atoms with Gasteiger partial charge in [0.25, 0.3) is 0 Å². The Bertz CT molecular complexity index is 969. The molecule has 1 unspecified atom stereocenters. The van der Waals surface area contributed by atoms with Gasteiger partial charge in [-0.15, -0.1) is 0 Å². The smallest absolute Gasteiger partial charge is 0.223 e. The monoisotopic (exact) mass is 372 g/mol. The molecule has 1 aliphatic rings. The number of pyridine rings is 1. The maximum atomic E-state index is 13.9. The van der Waals surface area contributed by atoms with E-state index in [9.17, 15) is 8.78 Å². The first-order valence-corrected chi connectivity index (χ1v) is 8.52. The molecule has 0 aliphatic heterocycles. The summed E-state index contributed by atoms with van der Waals surface area (Å²) in [5, 5.41) is 13.3. The molecule has 4 rings (SSSR count). The Morgan fingerprint density at radius 1 is 1.15 bits per heavy atom. The topological polar surface area (TPSA) is 117 Å². The Morgan fingerprint density at radius 3 is 2.67 bits per heavy atom. The van der Waals surface area contributed by atoms with E-state index >= 15 is 0 Å². The van der Waals surface area contributed by atoms with Crippen LogP contribution in [0.2, 0.25) is 0 Å². The molecule has 0 amide bonds. The lowest BCUT2D eigenvalue weighted by Gasteiger charge is -2.15. The maximum absolute atomic E-state index is 13.9. The number of aromatic amines is 1. The molecule has 10 heteroatoms.